The van der Waals surface area contributed by atoms with E-state index in [4.69, 9.17) is 5.73 Å². The molecule has 0 aromatic heterocycles. The topological polar surface area (TPSA) is 86.2 Å². The van der Waals surface area contributed by atoms with Crippen molar-refractivity contribution in [2.24, 2.45) is 5.73 Å². The van der Waals surface area contributed by atoms with Gasteiger partial charge in [-0.15, -0.1) is 23.5 Å². The highest BCUT2D eigenvalue weighted by molar-refractivity contribution is 8.31. The van der Waals surface area contributed by atoms with Crippen molar-refractivity contribution in [2.45, 2.75) is 77.3 Å². The van der Waals surface area contributed by atoms with Gasteiger partial charge in [-0.3, -0.25) is 18.9 Å². The number of nitrogens with two attached hydrogens (primary N) is 1. The Morgan fingerprint density at radius 2 is 1.03 bits per heavy atom. The van der Waals surface area contributed by atoms with E-state index in [0.29, 0.717) is 16.0 Å². The quantitative estimate of drug-likeness (QED) is 0.0575. The Balaban J connectivity index is 4.44. The summed E-state index contributed by atoms with van der Waals surface area (Å²) in [5.41, 5.74) is 5.79. The van der Waals surface area contributed by atoms with Crippen LogP contribution in [-0.4, -0.2) is 74.6 Å². The first-order chi connectivity index (χ1) is 15.7. The summed E-state index contributed by atoms with van der Waals surface area (Å²) in [6.45, 7) is 26.1. The molecule has 0 saturated heterocycles. The molecule has 0 radical (unpaired) electrons. The zero-order valence-corrected chi connectivity index (χ0v) is 28.2. The Labute approximate surface area is 235 Å². The summed E-state index contributed by atoms with van der Waals surface area (Å²) in [5.74, 6) is 0. The summed E-state index contributed by atoms with van der Waals surface area (Å²) in [4.78, 5) is 0. The largest absolute Gasteiger partial charge is 0.329 e. The second-order valence-corrected chi connectivity index (χ2v) is 22.1. The normalized spacial score (nSPS) is 16.1. The van der Waals surface area contributed by atoms with Gasteiger partial charge < -0.3 is 11.1 Å². The van der Waals surface area contributed by atoms with Crippen molar-refractivity contribution in [1.82, 2.24) is 24.2 Å². The third-order valence-corrected chi connectivity index (χ3v) is 14.8. The van der Waals surface area contributed by atoms with Gasteiger partial charge in [-0.2, -0.15) is 22.2 Å². The Kier molecular flexibility index (Phi) is 20.9. The van der Waals surface area contributed by atoms with E-state index in [9.17, 15) is 0 Å². The minimum Gasteiger partial charge on any atom is -0.329 e. The van der Waals surface area contributed by atoms with Gasteiger partial charge >= 0.3 is 0 Å². The molecule has 0 aromatic carbocycles. The zero-order chi connectivity index (χ0) is 26.1. The maximum atomic E-state index is 5.61. The number of nitrogens with one attached hydrogen (secondary N) is 5. The lowest BCUT2D eigenvalue weighted by molar-refractivity contribution is 0.430. The molecule has 0 saturated carbocycles. The van der Waals surface area contributed by atoms with E-state index in [2.05, 4.69) is 110 Å². The molecule has 0 aromatic rings. The van der Waals surface area contributed by atoms with Gasteiger partial charge in [0.2, 0.25) is 0 Å². The summed E-state index contributed by atoms with van der Waals surface area (Å²) in [6.07, 6.45) is 0. The molecule has 2 atom stereocenters. The number of rotatable bonds is 20. The van der Waals surface area contributed by atoms with Gasteiger partial charge in [0.25, 0.3) is 0 Å². The van der Waals surface area contributed by atoms with Crippen LogP contribution in [0, 0.1) is 0 Å². The highest BCUT2D eigenvalue weighted by atomic mass is 32.3. The molecule has 0 amide bonds. The molecule has 0 bridgehead atoms. The van der Waals surface area contributed by atoms with Crippen molar-refractivity contribution in [2.75, 3.05) is 59.6 Å². The van der Waals surface area contributed by atoms with Gasteiger partial charge in [0.1, 0.15) is 0 Å². The van der Waals surface area contributed by atoms with Gasteiger partial charge in [-0.1, -0.05) is 65.4 Å². The summed E-state index contributed by atoms with van der Waals surface area (Å²) in [7, 11) is 0. The molecular formula is C22H56N6S6. The van der Waals surface area contributed by atoms with Crippen LogP contribution in [0.4, 0.5) is 0 Å². The van der Waals surface area contributed by atoms with Crippen molar-refractivity contribution in [1.29, 1.82) is 0 Å². The van der Waals surface area contributed by atoms with Crippen molar-refractivity contribution in [3.63, 3.8) is 0 Å². The average molecular weight is 597 g/mol. The Hall–Kier alpha value is 1.86. The fraction of sp³-hybridized carbons (Fsp3) is 1.00. The van der Waals surface area contributed by atoms with Crippen LogP contribution in [0.2, 0.25) is 0 Å². The lowest BCUT2D eigenvalue weighted by Crippen LogP contribution is -2.39. The predicted octanol–water partition coefficient (Wildman–Crippen LogP) is 4.71. The highest BCUT2D eigenvalue weighted by Gasteiger charge is 2.15. The minimum absolute atomic E-state index is 0.181. The third-order valence-electron chi connectivity index (χ3n) is 3.88. The first kappa shape index (κ1) is 35.9. The molecular weight excluding hydrogens is 541 g/mol. The van der Waals surface area contributed by atoms with E-state index in [0.717, 1.165) is 42.9 Å². The molecule has 0 spiro atoms. The molecule has 0 rings (SSSR count). The highest BCUT2D eigenvalue weighted by Crippen LogP contribution is 2.36. The maximum Gasteiger partial charge on any atom is 0.0476 e. The Morgan fingerprint density at radius 3 is 1.41 bits per heavy atom. The Morgan fingerprint density at radius 1 is 0.588 bits per heavy atom. The number of thiol groups is 2. The van der Waals surface area contributed by atoms with Crippen LogP contribution in [0.5, 0.6) is 0 Å². The second-order valence-electron chi connectivity index (χ2n) is 11.0. The van der Waals surface area contributed by atoms with Gasteiger partial charge in [-0.05, 0) is 20.8 Å². The third kappa shape index (κ3) is 26.9. The summed E-state index contributed by atoms with van der Waals surface area (Å²) in [6, 6.07) is 0. The summed E-state index contributed by atoms with van der Waals surface area (Å²) in [5, 5.41) is 8.18. The molecule has 0 aliphatic carbocycles. The van der Waals surface area contributed by atoms with E-state index < -0.39 is 0 Å². The van der Waals surface area contributed by atoms with Crippen LogP contribution < -0.4 is 29.9 Å². The maximum absolute atomic E-state index is 5.61. The van der Waals surface area contributed by atoms with E-state index in [-0.39, 0.29) is 27.7 Å². The van der Waals surface area contributed by atoms with E-state index in [1.165, 1.54) is 10.2 Å². The fourth-order valence-corrected chi connectivity index (χ4v) is 13.3. The van der Waals surface area contributed by atoms with Gasteiger partial charge in [-0.25, -0.2) is 0 Å². The molecule has 0 aliphatic rings. The van der Waals surface area contributed by atoms with Gasteiger partial charge in [0.15, 0.2) is 0 Å². The molecule has 6 nitrogen and oxygen atoms in total. The van der Waals surface area contributed by atoms with Crippen LogP contribution in [-0.2, 0) is 0 Å². The van der Waals surface area contributed by atoms with Crippen LogP contribution in [0.1, 0.15) is 62.3 Å². The number of thioether (sulfide) groups is 2. The van der Waals surface area contributed by atoms with Gasteiger partial charge in [0.05, 0.1) is 0 Å². The lowest BCUT2D eigenvalue weighted by Gasteiger charge is -2.29. The van der Waals surface area contributed by atoms with Crippen LogP contribution >= 0.6 is 69.6 Å². The molecule has 0 aliphatic heterocycles. The first-order valence-corrected chi connectivity index (χ1v) is 19.5. The molecule has 2 unspecified atom stereocenters. The smallest absolute Gasteiger partial charge is 0.0476 e. The van der Waals surface area contributed by atoms with E-state index in [1.807, 2.05) is 23.9 Å². The van der Waals surface area contributed by atoms with Crippen molar-refractivity contribution >= 4 is 69.6 Å². The molecule has 34 heavy (non-hydrogen) atoms. The van der Waals surface area contributed by atoms with E-state index >= 15 is 0 Å². The van der Waals surface area contributed by atoms with E-state index in [1.54, 1.807) is 0 Å². The Bertz CT molecular complexity index is 482. The van der Waals surface area contributed by atoms with Crippen molar-refractivity contribution in [3.8, 4) is 0 Å². The van der Waals surface area contributed by atoms with Crippen LogP contribution in [0.3, 0.4) is 0 Å². The second kappa shape index (κ2) is 19.9. The molecule has 0 heterocycles. The summed E-state index contributed by atoms with van der Waals surface area (Å²) < 4.78 is 15.3. The van der Waals surface area contributed by atoms with Gasteiger partial charge in [0, 0.05) is 74.6 Å². The monoisotopic (exact) mass is 596 g/mol. The zero-order valence-electron chi connectivity index (χ0n) is 23.2. The average Bonchev–Trinajstić information content (AvgIpc) is 2.69. The molecule has 210 valence electrons. The SMILES string of the molecule is CC(C)(C)NCCNSC[SH](CSC(C)(C)C)NCCN[SH](CSNCCN)CSC(C)(C)C. The minimum atomic E-state index is -0.218. The standard InChI is InChI=1S/C22H56N6S6/c1-20(2,3)24-12-13-26-32-19-34(17-30-22(7,8)9)28-15-14-27-33(16-29-21(4,5)6)18-31-25-11-10-23/h24-28,33-34H,10-19,23H2,1-9H3. The fourth-order valence-electron chi connectivity index (χ4n) is 2.17. The first-order valence-electron chi connectivity index (χ1n) is 12.1. The number of hydrogen-bond donors (Lipinski definition) is 8. The predicted molar refractivity (Wildman–Crippen MR) is 176 cm³/mol. The molecule has 7 N–H and O–H groups in total. The molecule has 12 heteroatoms. The van der Waals surface area contributed by atoms with Crippen molar-refractivity contribution in [3.05, 3.63) is 0 Å². The number of hydrogen-bond acceptors (Lipinski definition) is 10. The van der Waals surface area contributed by atoms with Crippen LogP contribution in [0.25, 0.3) is 0 Å². The van der Waals surface area contributed by atoms with Crippen LogP contribution in [0.15, 0.2) is 0 Å². The van der Waals surface area contributed by atoms with Crippen molar-refractivity contribution < 1.29 is 0 Å². The summed E-state index contributed by atoms with van der Waals surface area (Å²) >= 11 is 7.40. The molecule has 0 fully saturated rings. The lowest BCUT2D eigenvalue weighted by atomic mass is 10.1.